The lowest BCUT2D eigenvalue weighted by Crippen LogP contribution is -2.35. The number of nitrogens with two attached hydrogens (primary N) is 1. The Kier molecular flexibility index (Phi) is 5.83. The van der Waals surface area contributed by atoms with Crippen LogP contribution < -0.4 is 5.73 Å². The second-order valence-corrected chi connectivity index (χ2v) is 7.02. The number of rotatable bonds is 5. The Hall–Kier alpha value is -0.860. The highest BCUT2D eigenvalue weighted by atomic mass is 16.5. The van der Waals surface area contributed by atoms with E-state index in [2.05, 4.69) is 52.0 Å². The largest absolute Gasteiger partial charge is 0.369 e. The first-order valence-corrected chi connectivity index (χ1v) is 8.47. The van der Waals surface area contributed by atoms with E-state index in [1.807, 2.05) is 0 Å². The zero-order valence-corrected chi connectivity index (χ0v) is 14.0. The predicted octanol–water partition coefficient (Wildman–Crippen LogP) is 4.61. The van der Waals surface area contributed by atoms with E-state index in [0.29, 0.717) is 6.10 Å². The molecular weight excluding hydrogens is 258 g/mol. The molecule has 0 aliphatic heterocycles. The maximum Gasteiger partial charge on any atom is 0.0981 e. The van der Waals surface area contributed by atoms with Gasteiger partial charge in [0.15, 0.2) is 0 Å². The van der Waals surface area contributed by atoms with E-state index < -0.39 is 0 Å². The van der Waals surface area contributed by atoms with Gasteiger partial charge in [-0.1, -0.05) is 45.0 Å². The maximum absolute atomic E-state index is 6.53. The number of benzene rings is 1. The van der Waals surface area contributed by atoms with E-state index >= 15 is 0 Å². The van der Waals surface area contributed by atoms with Crippen molar-refractivity contribution < 1.29 is 4.74 Å². The second kappa shape index (κ2) is 7.42. The lowest BCUT2D eigenvalue weighted by molar-refractivity contribution is -0.0613. The number of ether oxygens (including phenoxy) is 1. The summed E-state index contributed by atoms with van der Waals surface area (Å²) >= 11 is 0. The minimum Gasteiger partial charge on any atom is -0.369 e. The van der Waals surface area contributed by atoms with Crippen LogP contribution in [0.2, 0.25) is 0 Å². The molecule has 1 aliphatic rings. The first-order chi connectivity index (χ1) is 10.0. The summed E-state index contributed by atoms with van der Waals surface area (Å²) in [4.78, 5) is 0. The van der Waals surface area contributed by atoms with Gasteiger partial charge < -0.3 is 10.5 Å². The van der Waals surface area contributed by atoms with Gasteiger partial charge in [-0.05, 0) is 55.6 Å². The van der Waals surface area contributed by atoms with Gasteiger partial charge >= 0.3 is 0 Å². The third-order valence-corrected chi connectivity index (χ3v) is 4.83. The molecule has 2 rings (SSSR count). The number of aryl methyl sites for hydroxylation is 1. The van der Waals surface area contributed by atoms with Crippen molar-refractivity contribution in [1.29, 1.82) is 0 Å². The average molecular weight is 289 g/mol. The Balaban J connectivity index is 2.15. The molecule has 0 saturated heterocycles. The molecule has 0 heterocycles. The van der Waals surface area contributed by atoms with Gasteiger partial charge in [-0.25, -0.2) is 0 Å². The zero-order chi connectivity index (χ0) is 15.4. The summed E-state index contributed by atoms with van der Waals surface area (Å²) < 4.78 is 6.53. The Labute approximate surface area is 130 Å². The topological polar surface area (TPSA) is 35.2 Å². The summed E-state index contributed by atoms with van der Waals surface area (Å²) in [5.41, 5.74) is 8.92. The van der Waals surface area contributed by atoms with E-state index in [4.69, 9.17) is 10.5 Å². The molecule has 0 amide bonds. The molecule has 21 heavy (non-hydrogen) atoms. The van der Waals surface area contributed by atoms with Crippen LogP contribution in [0.5, 0.6) is 0 Å². The van der Waals surface area contributed by atoms with Gasteiger partial charge in [-0.2, -0.15) is 0 Å². The molecule has 2 nitrogen and oxygen atoms in total. The molecule has 1 aromatic carbocycles. The molecule has 118 valence electrons. The molecule has 0 spiro atoms. The van der Waals surface area contributed by atoms with E-state index in [9.17, 15) is 0 Å². The van der Waals surface area contributed by atoms with Gasteiger partial charge in [-0.3, -0.25) is 0 Å². The molecule has 1 aromatic rings. The molecule has 0 aromatic heterocycles. The van der Waals surface area contributed by atoms with Crippen molar-refractivity contribution in [1.82, 2.24) is 0 Å². The monoisotopic (exact) mass is 289 g/mol. The summed E-state index contributed by atoms with van der Waals surface area (Å²) in [5, 5.41) is 0. The Morgan fingerprint density at radius 3 is 2.33 bits per heavy atom. The van der Waals surface area contributed by atoms with Crippen molar-refractivity contribution in [2.24, 2.45) is 17.6 Å². The third kappa shape index (κ3) is 4.31. The van der Waals surface area contributed by atoms with Crippen LogP contribution in [0.4, 0.5) is 0 Å². The fourth-order valence-electron chi connectivity index (χ4n) is 3.72. The highest BCUT2D eigenvalue weighted by Crippen LogP contribution is 2.35. The number of hydrogen-bond acceptors (Lipinski definition) is 2. The molecule has 4 unspecified atom stereocenters. The molecule has 1 aliphatic carbocycles. The van der Waals surface area contributed by atoms with Gasteiger partial charge in [0.05, 0.1) is 12.2 Å². The zero-order valence-electron chi connectivity index (χ0n) is 14.0. The summed E-state index contributed by atoms with van der Waals surface area (Å²) in [6.07, 6.45) is 4.99. The first kappa shape index (κ1) is 16.5. The maximum atomic E-state index is 6.53. The van der Waals surface area contributed by atoms with Gasteiger partial charge in [0.1, 0.15) is 0 Å². The van der Waals surface area contributed by atoms with Crippen molar-refractivity contribution in [2.45, 2.75) is 71.6 Å². The summed E-state index contributed by atoms with van der Waals surface area (Å²) in [5.74, 6) is 1.52. The minimum atomic E-state index is 0.0266. The molecule has 1 saturated carbocycles. The fourth-order valence-corrected chi connectivity index (χ4v) is 3.72. The molecule has 2 heteroatoms. The molecule has 0 radical (unpaired) electrons. The minimum absolute atomic E-state index is 0.0266. The van der Waals surface area contributed by atoms with E-state index in [1.54, 1.807) is 0 Å². The van der Waals surface area contributed by atoms with E-state index in [0.717, 1.165) is 18.3 Å². The molecule has 2 N–H and O–H groups in total. The van der Waals surface area contributed by atoms with Crippen LogP contribution in [-0.4, -0.2) is 12.1 Å². The molecule has 0 bridgehead atoms. The average Bonchev–Trinajstić information content (AvgIpc) is 2.44. The van der Waals surface area contributed by atoms with Crippen molar-refractivity contribution >= 4 is 0 Å². The van der Waals surface area contributed by atoms with E-state index in [-0.39, 0.29) is 12.1 Å². The lowest BCUT2D eigenvalue weighted by Gasteiger charge is -2.36. The van der Waals surface area contributed by atoms with Crippen molar-refractivity contribution in [2.75, 3.05) is 0 Å². The van der Waals surface area contributed by atoms with Crippen LogP contribution in [0.15, 0.2) is 24.3 Å². The third-order valence-electron chi connectivity index (χ3n) is 4.83. The standard InChI is InChI=1S/C19H31NO/c1-5-18(20)19(17-9-7-6-8-15(17)4)21-16-11-13(2)10-14(3)12-16/h6-9,13-14,16,18-19H,5,10-12,20H2,1-4H3. The van der Waals surface area contributed by atoms with Crippen LogP contribution in [0.1, 0.15) is 63.7 Å². The molecule has 4 atom stereocenters. The van der Waals surface area contributed by atoms with Crippen LogP contribution in [0.25, 0.3) is 0 Å². The van der Waals surface area contributed by atoms with Crippen molar-refractivity contribution in [3.63, 3.8) is 0 Å². The Bertz CT molecular complexity index is 435. The van der Waals surface area contributed by atoms with Gasteiger partial charge in [0.25, 0.3) is 0 Å². The first-order valence-electron chi connectivity index (χ1n) is 8.47. The number of hydrogen-bond donors (Lipinski definition) is 1. The fraction of sp³-hybridized carbons (Fsp3) is 0.684. The van der Waals surface area contributed by atoms with Crippen LogP contribution in [-0.2, 0) is 4.74 Å². The second-order valence-electron chi connectivity index (χ2n) is 7.02. The van der Waals surface area contributed by atoms with Crippen molar-refractivity contribution in [3.05, 3.63) is 35.4 Å². The van der Waals surface area contributed by atoms with Crippen LogP contribution >= 0.6 is 0 Å². The van der Waals surface area contributed by atoms with Crippen LogP contribution in [0, 0.1) is 18.8 Å². The summed E-state index contributed by atoms with van der Waals surface area (Å²) in [7, 11) is 0. The lowest BCUT2D eigenvalue weighted by atomic mass is 9.81. The molecule has 1 fully saturated rings. The van der Waals surface area contributed by atoms with Gasteiger partial charge in [0.2, 0.25) is 0 Å². The molecular formula is C19H31NO. The highest BCUT2D eigenvalue weighted by Gasteiger charge is 2.29. The Morgan fingerprint density at radius 2 is 1.76 bits per heavy atom. The summed E-state index contributed by atoms with van der Waals surface area (Å²) in [6.45, 7) is 8.98. The van der Waals surface area contributed by atoms with Gasteiger partial charge in [0, 0.05) is 6.04 Å². The summed E-state index contributed by atoms with van der Waals surface area (Å²) in [6, 6.07) is 8.56. The van der Waals surface area contributed by atoms with E-state index in [1.165, 1.54) is 30.4 Å². The SMILES string of the molecule is CCC(N)C(OC1CC(C)CC(C)C1)c1ccccc1C. The predicted molar refractivity (Wildman–Crippen MR) is 89.2 cm³/mol. The Morgan fingerprint density at radius 1 is 1.14 bits per heavy atom. The normalized spacial score (nSPS) is 29.1. The van der Waals surface area contributed by atoms with Gasteiger partial charge in [-0.15, -0.1) is 0 Å². The van der Waals surface area contributed by atoms with Crippen LogP contribution in [0.3, 0.4) is 0 Å². The highest BCUT2D eigenvalue weighted by molar-refractivity contribution is 5.28. The quantitative estimate of drug-likeness (QED) is 0.858. The smallest absolute Gasteiger partial charge is 0.0981 e. The van der Waals surface area contributed by atoms with Crippen molar-refractivity contribution in [3.8, 4) is 0 Å².